The summed E-state index contributed by atoms with van der Waals surface area (Å²) in [6.45, 7) is 4.69. The first-order valence-corrected chi connectivity index (χ1v) is 7.19. The van der Waals surface area contributed by atoms with Crippen LogP contribution in [0.2, 0.25) is 0 Å². The molecule has 2 aromatic rings. The van der Waals surface area contributed by atoms with Gasteiger partial charge in [0.25, 0.3) is 0 Å². The lowest BCUT2D eigenvalue weighted by atomic mass is 10.0. The number of ether oxygens (including phenoxy) is 2. The van der Waals surface area contributed by atoms with Crippen molar-refractivity contribution in [2.75, 3.05) is 13.7 Å². The molecule has 0 radical (unpaired) electrons. The highest BCUT2D eigenvalue weighted by Gasteiger charge is 2.12. The van der Waals surface area contributed by atoms with Crippen LogP contribution in [-0.4, -0.2) is 13.7 Å². The van der Waals surface area contributed by atoms with Crippen molar-refractivity contribution < 1.29 is 9.47 Å². The topological polar surface area (TPSA) is 44.5 Å². The zero-order valence-corrected chi connectivity index (χ0v) is 12.9. The molecule has 112 valence electrons. The summed E-state index contributed by atoms with van der Waals surface area (Å²) in [6.07, 6.45) is 0.744. The summed E-state index contributed by atoms with van der Waals surface area (Å²) >= 11 is 0. The first kappa shape index (κ1) is 15.4. The highest BCUT2D eigenvalue weighted by molar-refractivity contribution is 5.39. The monoisotopic (exact) mass is 285 g/mol. The van der Waals surface area contributed by atoms with Gasteiger partial charge in [-0.05, 0) is 37.6 Å². The van der Waals surface area contributed by atoms with Crippen LogP contribution in [0.3, 0.4) is 0 Å². The van der Waals surface area contributed by atoms with Crippen LogP contribution in [0.5, 0.6) is 11.5 Å². The van der Waals surface area contributed by atoms with Crippen molar-refractivity contribution >= 4 is 0 Å². The highest BCUT2D eigenvalue weighted by Crippen LogP contribution is 2.27. The molecule has 0 amide bonds. The van der Waals surface area contributed by atoms with Gasteiger partial charge in [-0.3, -0.25) is 0 Å². The fourth-order valence-corrected chi connectivity index (χ4v) is 2.31. The molecule has 0 fully saturated rings. The van der Waals surface area contributed by atoms with Gasteiger partial charge in [0.1, 0.15) is 11.5 Å². The summed E-state index contributed by atoms with van der Waals surface area (Å²) in [7, 11) is 1.67. The van der Waals surface area contributed by atoms with E-state index >= 15 is 0 Å². The zero-order chi connectivity index (χ0) is 15.2. The Morgan fingerprint density at radius 3 is 2.52 bits per heavy atom. The maximum atomic E-state index is 6.27. The van der Waals surface area contributed by atoms with Crippen LogP contribution < -0.4 is 15.2 Å². The van der Waals surface area contributed by atoms with E-state index in [1.807, 2.05) is 30.3 Å². The molecule has 0 aliphatic heterocycles. The maximum Gasteiger partial charge on any atom is 0.123 e. The number of rotatable bonds is 6. The van der Waals surface area contributed by atoms with Gasteiger partial charge in [-0.2, -0.15) is 0 Å². The maximum absolute atomic E-state index is 6.27. The minimum absolute atomic E-state index is 0.0929. The number of hydrogen-bond donors (Lipinski definition) is 1. The Morgan fingerprint density at radius 1 is 1.05 bits per heavy atom. The predicted octanol–water partition coefficient (Wildman–Crippen LogP) is 3.78. The SMILES string of the molecule is COc1ccc(C)cc1C(N)CCOc1cccc(C)c1. The Hall–Kier alpha value is -2.00. The first-order chi connectivity index (χ1) is 10.1. The predicted molar refractivity (Wildman–Crippen MR) is 86.0 cm³/mol. The molecular weight excluding hydrogens is 262 g/mol. The zero-order valence-electron chi connectivity index (χ0n) is 12.9. The van der Waals surface area contributed by atoms with Crippen LogP contribution in [0.4, 0.5) is 0 Å². The molecule has 0 saturated carbocycles. The normalized spacial score (nSPS) is 12.0. The van der Waals surface area contributed by atoms with Gasteiger partial charge in [-0.1, -0.05) is 29.8 Å². The minimum atomic E-state index is -0.0929. The number of hydrogen-bond acceptors (Lipinski definition) is 3. The van der Waals surface area contributed by atoms with E-state index in [0.29, 0.717) is 6.61 Å². The fraction of sp³-hybridized carbons (Fsp3) is 0.333. The summed E-state index contributed by atoms with van der Waals surface area (Å²) in [6, 6.07) is 14.0. The molecule has 2 N–H and O–H groups in total. The molecule has 0 bridgehead atoms. The summed E-state index contributed by atoms with van der Waals surface area (Å²) in [5, 5.41) is 0. The van der Waals surface area contributed by atoms with Gasteiger partial charge in [-0.25, -0.2) is 0 Å². The lowest BCUT2D eigenvalue weighted by Gasteiger charge is -2.17. The summed E-state index contributed by atoms with van der Waals surface area (Å²) in [4.78, 5) is 0. The molecule has 0 aliphatic carbocycles. The van der Waals surface area contributed by atoms with Crippen molar-refractivity contribution in [1.82, 2.24) is 0 Å². The smallest absolute Gasteiger partial charge is 0.123 e. The second-order valence-electron chi connectivity index (χ2n) is 5.31. The van der Waals surface area contributed by atoms with Crippen LogP contribution >= 0.6 is 0 Å². The van der Waals surface area contributed by atoms with Gasteiger partial charge in [0.15, 0.2) is 0 Å². The van der Waals surface area contributed by atoms with Gasteiger partial charge in [0.2, 0.25) is 0 Å². The third-order valence-electron chi connectivity index (χ3n) is 3.47. The highest BCUT2D eigenvalue weighted by atomic mass is 16.5. The Balaban J connectivity index is 1.95. The van der Waals surface area contributed by atoms with Gasteiger partial charge in [0, 0.05) is 18.0 Å². The van der Waals surface area contributed by atoms with Crippen molar-refractivity contribution in [3.8, 4) is 11.5 Å². The molecule has 21 heavy (non-hydrogen) atoms. The number of nitrogens with two attached hydrogens (primary N) is 1. The molecule has 0 aliphatic rings. The average molecular weight is 285 g/mol. The molecule has 2 aromatic carbocycles. The quantitative estimate of drug-likeness (QED) is 0.878. The summed E-state index contributed by atoms with van der Waals surface area (Å²) in [5.74, 6) is 1.72. The molecular formula is C18H23NO2. The van der Waals surface area contributed by atoms with E-state index < -0.39 is 0 Å². The molecule has 0 saturated heterocycles. The van der Waals surface area contributed by atoms with Crippen molar-refractivity contribution in [2.45, 2.75) is 26.3 Å². The Kier molecular flexibility index (Phi) is 5.23. The summed E-state index contributed by atoms with van der Waals surface area (Å²) < 4.78 is 11.1. The van der Waals surface area contributed by atoms with E-state index in [4.69, 9.17) is 15.2 Å². The minimum Gasteiger partial charge on any atom is -0.496 e. The fourth-order valence-electron chi connectivity index (χ4n) is 2.31. The van der Waals surface area contributed by atoms with E-state index in [2.05, 4.69) is 26.0 Å². The Labute approximate surface area is 126 Å². The molecule has 0 heterocycles. The van der Waals surface area contributed by atoms with Gasteiger partial charge in [0.05, 0.1) is 13.7 Å². The van der Waals surface area contributed by atoms with Crippen molar-refractivity contribution in [2.24, 2.45) is 5.73 Å². The Morgan fingerprint density at radius 2 is 1.81 bits per heavy atom. The van der Waals surface area contributed by atoms with E-state index in [0.717, 1.165) is 23.5 Å². The van der Waals surface area contributed by atoms with E-state index in [1.54, 1.807) is 7.11 Å². The third kappa shape index (κ3) is 4.23. The standard InChI is InChI=1S/C18H23NO2/c1-13-5-4-6-15(11-13)21-10-9-17(19)16-12-14(2)7-8-18(16)20-3/h4-8,11-12,17H,9-10,19H2,1-3H3. The summed E-state index contributed by atoms with van der Waals surface area (Å²) in [5.41, 5.74) is 9.68. The number of methoxy groups -OCH3 is 1. The van der Waals surface area contributed by atoms with E-state index in [9.17, 15) is 0 Å². The number of aryl methyl sites for hydroxylation is 2. The van der Waals surface area contributed by atoms with Crippen LogP contribution in [0.25, 0.3) is 0 Å². The van der Waals surface area contributed by atoms with Crippen LogP contribution in [-0.2, 0) is 0 Å². The van der Waals surface area contributed by atoms with E-state index in [1.165, 1.54) is 11.1 Å². The first-order valence-electron chi connectivity index (χ1n) is 7.19. The lowest BCUT2D eigenvalue weighted by molar-refractivity contribution is 0.296. The molecule has 3 heteroatoms. The molecule has 2 rings (SSSR count). The molecule has 0 spiro atoms. The largest absolute Gasteiger partial charge is 0.496 e. The number of benzene rings is 2. The average Bonchev–Trinajstić information content (AvgIpc) is 2.47. The molecule has 0 aromatic heterocycles. The third-order valence-corrected chi connectivity index (χ3v) is 3.47. The lowest BCUT2D eigenvalue weighted by Crippen LogP contribution is -2.15. The van der Waals surface area contributed by atoms with Crippen LogP contribution in [0.15, 0.2) is 42.5 Å². The molecule has 3 nitrogen and oxygen atoms in total. The second-order valence-corrected chi connectivity index (χ2v) is 5.31. The van der Waals surface area contributed by atoms with Gasteiger partial charge < -0.3 is 15.2 Å². The van der Waals surface area contributed by atoms with Crippen LogP contribution in [0.1, 0.15) is 29.2 Å². The van der Waals surface area contributed by atoms with Gasteiger partial charge >= 0.3 is 0 Å². The van der Waals surface area contributed by atoms with Crippen molar-refractivity contribution in [3.05, 3.63) is 59.2 Å². The van der Waals surface area contributed by atoms with Crippen molar-refractivity contribution in [3.63, 3.8) is 0 Å². The van der Waals surface area contributed by atoms with E-state index in [-0.39, 0.29) is 6.04 Å². The second kappa shape index (κ2) is 7.14. The van der Waals surface area contributed by atoms with Crippen molar-refractivity contribution in [1.29, 1.82) is 0 Å². The molecule has 1 unspecified atom stereocenters. The molecule has 1 atom stereocenters. The Bertz CT molecular complexity index is 596. The van der Waals surface area contributed by atoms with Gasteiger partial charge in [-0.15, -0.1) is 0 Å². The van der Waals surface area contributed by atoms with Crippen LogP contribution in [0, 0.1) is 13.8 Å².